The molecular weight excluding hydrogens is 270 g/mol. The van der Waals surface area contributed by atoms with Crippen LogP contribution in [0.2, 0.25) is 0 Å². The Balaban J connectivity index is 1.74. The number of amides is 1. The maximum absolute atomic E-state index is 12.7. The molecule has 1 aromatic heterocycles. The second kappa shape index (κ2) is 6.22. The predicted octanol–water partition coefficient (Wildman–Crippen LogP) is 2.44. The van der Waals surface area contributed by atoms with Gasteiger partial charge in [-0.25, -0.2) is 4.98 Å². The van der Waals surface area contributed by atoms with Gasteiger partial charge in [-0.1, -0.05) is 12.8 Å². The van der Waals surface area contributed by atoms with E-state index in [1.807, 2.05) is 5.38 Å². The summed E-state index contributed by atoms with van der Waals surface area (Å²) < 4.78 is 0. The number of likely N-dealkylation sites (tertiary alicyclic amines) is 1. The van der Waals surface area contributed by atoms with Crippen LogP contribution in [0, 0.1) is 5.92 Å². The lowest BCUT2D eigenvalue weighted by atomic mass is 9.78. The number of thiazole rings is 1. The topological polar surface area (TPSA) is 59.2 Å². The van der Waals surface area contributed by atoms with Crippen molar-refractivity contribution in [3.63, 3.8) is 0 Å². The smallest absolute Gasteiger partial charge is 0.273 e. The monoisotopic (exact) mass is 293 g/mol. The molecule has 2 aliphatic rings. The summed E-state index contributed by atoms with van der Waals surface area (Å²) in [4.78, 5) is 19.3. The van der Waals surface area contributed by atoms with Crippen molar-refractivity contribution in [2.24, 2.45) is 11.7 Å². The largest absolute Gasteiger partial charge is 0.334 e. The number of hydrogen-bond acceptors (Lipinski definition) is 4. The van der Waals surface area contributed by atoms with Crippen LogP contribution in [-0.2, 0) is 6.42 Å². The molecule has 1 aromatic rings. The van der Waals surface area contributed by atoms with Crippen molar-refractivity contribution in [1.82, 2.24) is 9.88 Å². The molecule has 2 heterocycles. The molecule has 1 saturated heterocycles. The highest BCUT2D eigenvalue weighted by Gasteiger charge is 2.36. The summed E-state index contributed by atoms with van der Waals surface area (Å²) >= 11 is 1.56. The quantitative estimate of drug-likeness (QED) is 0.931. The molecule has 5 heteroatoms. The second-order valence-electron chi connectivity index (χ2n) is 5.92. The van der Waals surface area contributed by atoms with E-state index in [1.54, 1.807) is 11.3 Å². The first-order valence-corrected chi connectivity index (χ1v) is 8.63. The minimum Gasteiger partial charge on any atom is -0.334 e. The molecule has 2 N–H and O–H groups in total. The third-order valence-electron chi connectivity index (χ3n) is 4.63. The summed E-state index contributed by atoms with van der Waals surface area (Å²) in [6.07, 6.45) is 8.28. The fourth-order valence-corrected chi connectivity index (χ4v) is 4.46. The first-order chi connectivity index (χ1) is 9.79. The molecule has 1 amide bonds. The Morgan fingerprint density at radius 2 is 2.15 bits per heavy atom. The average molecular weight is 293 g/mol. The van der Waals surface area contributed by atoms with E-state index in [-0.39, 0.29) is 5.91 Å². The van der Waals surface area contributed by atoms with Crippen LogP contribution in [0.25, 0.3) is 0 Å². The fourth-order valence-electron chi connectivity index (χ4n) is 3.67. The Labute approximate surface area is 124 Å². The van der Waals surface area contributed by atoms with E-state index in [2.05, 4.69) is 9.88 Å². The summed E-state index contributed by atoms with van der Waals surface area (Å²) in [5.74, 6) is 0.865. The summed E-state index contributed by atoms with van der Waals surface area (Å²) in [5, 5.41) is 2.88. The van der Waals surface area contributed by atoms with Crippen molar-refractivity contribution >= 4 is 17.2 Å². The fraction of sp³-hybridized carbons (Fsp3) is 0.733. The van der Waals surface area contributed by atoms with Gasteiger partial charge >= 0.3 is 0 Å². The van der Waals surface area contributed by atoms with Gasteiger partial charge in [0.1, 0.15) is 5.69 Å². The van der Waals surface area contributed by atoms with Crippen molar-refractivity contribution in [2.75, 3.05) is 13.1 Å². The number of carbonyl (C=O) groups excluding carboxylic acids is 1. The van der Waals surface area contributed by atoms with E-state index in [4.69, 9.17) is 5.73 Å². The van der Waals surface area contributed by atoms with Crippen LogP contribution in [0.1, 0.15) is 54.0 Å². The molecular formula is C15H23N3OS. The van der Waals surface area contributed by atoms with E-state index in [0.29, 0.717) is 18.3 Å². The normalized spacial score (nSPS) is 26.4. The van der Waals surface area contributed by atoms with Gasteiger partial charge in [-0.2, -0.15) is 0 Å². The second-order valence-corrected chi connectivity index (χ2v) is 6.86. The Hall–Kier alpha value is -0.940. The predicted molar refractivity (Wildman–Crippen MR) is 80.9 cm³/mol. The van der Waals surface area contributed by atoms with E-state index in [9.17, 15) is 4.79 Å². The number of piperidine rings is 1. The number of rotatable bonds is 3. The lowest BCUT2D eigenvalue weighted by Crippen LogP contribution is -2.49. The minimum absolute atomic E-state index is 0.140. The summed E-state index contributed by atoms with van der Waals surface area (Å²) in [7, 11) is 0. The lowest BCUT2D eigenvalue weighted by Gasteiger charge is -2.43. The Bertz CT molecular complexity index is 471. The van der Waals surface area contributed by atoms with Crippen LogP contribution in [0.4, 0.5) is 0 Å². The molecule has 0 spiro atoms. The van der Waals surface area contributed by atoms with Gasteiger partial charge in [0.25, 0.3) is 5.91 Å². The van der Waals surface area contributed by atoms with Gasteiger partial charge < -0.3 is 10.6 Å². The standard InChI is InChI=1S/C15H23N3OS/c16-8-7-14-17-12(10-20-14)15(19)18-9-3-5-11-4-1-2-6-13(11)18/h10-11,13H,1-9,16H2/t11-,13-/m1/s1. The number of hydrogen-bond donors (Lipinski definition) is 1. The summed E-state index contributed by atoms with van der Waals surface area (Å²) in [6, 6.07) is 0.463. The number of nitrogens with zero attached hydrogens (tertiary/aromatic N) is 2. The maximum Gasteiger partial charge on any atom is 0.273 e. The number of aromatic nitrogens is 1. The van der Waals surface area contributed by atoms with Gasteiger partial charge in [0.05, 0.1) is 5.01 Å². The molecule has 0 bridgehead atoms. The van der Waals surface area contributed by atoms with Gasteiger partial charge in [0.2, 0.25) is 0 Å². The van der Waals surface area contributed by atoms with E-state index in [0.717, 1.165) is 30.3 Å². The van der Waals surface area contributed by atoms with E-state index < -0.39 is 0 Å². The molecule has 1 aliphatic carbocycles. The van der Waals surface area contributed by atoms with Gasteiger partial charge in [-0.05, 0) is 38.1 Å². The van der Waals surface area contributed by atoms with Crippen LogP contribution in [0.3, 0.4) is 0 Å². The molecule has 110 valence electrons. The zero-order valence-corrected chi connectivity index (χ0v) is 12.7. The summed E-state index contributed by atoms with van der Waals surface area (Å²) in [5.41, 5.74) is 6.18. The molecule has 2 fully saturated rings. The SMILES string of the molecule is NCCc1nc(C(=O)N2CCC[C@H]3CCCC[C@H]32)cs1. The summed E-state index contributed by atoms with van der Waals surface area (Å²) in [6.45, 7) is 1.50. The lowest BCUT2D eigenvalue weighted by molar-refractivity contribution is 0.0386. The van der Waals surface area contributed by atoms with Crippen LogP contribution in [0.15, 0.2) is 5.38 Å². The molecule has 20 heavy (non-hydrogen) atoms. The molecule has 4 nitrogen and oxygen atoms in total. The van der Waals surface area contributed by atoms with Gasteiger partial charge in [0.15, 0.2) is 0 Å². The average Bonchev–Trinajstić information content (AvgIpc) is 2.95. The van der Waals surface area contributed by atoms with Crippen LogP contribution >= 0.6 is 11.3 Å². The zero-order chi connectivity index (χ0) is 13.9. The van der Waals surface area contributed by atoms with E-state index in [1.165, 1.54) is 32.1 Å². The molecule has 0 unspecified atom stereocenters. The molecule has 2 atom stereocenters. The van der Waals surface area contributed by atoms with Crippen LogP contribution < -0.4 is 5.73 Å². The Morgan fingerprint density at radius 1 is 1.35 bits per heavy atom. The highest BCUT2D eigenvalue weighted by molar-refractivity contribution is 7.09. The third-order valence-corrected chi connectivity index (χ3v) is 5.54. The van der Waals surface area contributed by atoms with Crippen LogP contribution in [-0.4, -0.2) is 34.9 Å². The number of nitrogens with two attached hydrogens (primary N) is 1. The molecule has 3 rings (SSSR count). The number of fused-ring (bicyclic) bond motifs is 1. The highest BCUT2D eigenvalue weighted by atomic mass is 32.1. The maximum atomic E-state index is 12.7. The van der Waals surface area contributed by atoms with Gasteiger partial charge in [-0.3, -0.25) is 4.79 Å². The molecule has 1 saturated carbocycles. The third kappa shape index (κ3) is 2.74. The van der Waals surface area contributed by atoms with Crippen molar-refractivity contribution in [3.8, 4) is 0 Å². The molecule has 0 aromatic carbocycles. The van der Waals surface area contributed by atoms with Gasteiger partial charge in [0, 0.05) is 24.4 Å². The van der Waals surface area contributed by atoms with Crippen molar-refractivity contribution < 1.29 is 4.79 Å². The zero-order valence-electron chi connectivity index (χ0n) is 11.9. The molecule has 0 radical (unpaired) electrons. The van der Waals surface area contributed by atoms with Crippen molar-refractivity contribution in [1.29, 1.82) is 0 Å². The van der Waals surface area contributed by atoms with Crippen molar-refractivity contribution in [2.45, 2.75) is 51.0 Å². The van der Waals surface area contributed by atoms with Crippen molar-refractivity contribution in [3.05, 3.63) is 16.1 Å². The first-order valence-electron chi connectivity index (χ1n) is 7.75. The van der Waals surface area contributed by atoms with E-state index >= 15 is 0 Å². The Morgan fingerprint density at radius 3 is 3.00 bits per heavy atom. The molecule has 1 aliphatic heterocycles. The number of carbonyl (C=O) groups is 1. The minimum atomic E-state index is 0.140. The highest BCUT2D eigenvalue weighted by Crippen LogP contribution is 2.35. The van der Waals surface area contributed by atoms with Gasteiger partial charge in [-0.15, -0.1) is 11.3 Å². The van der Waals surface area contributed by atoms with Crippen LogP contribution in [0.5, 0.6) is 0 Å². The first kappa shape index (κ1) is 14.0. The Kier molecular flexibility index (Phi) is 4.36.